The van der Waals surface area contributed by atoms with Gasteiger partial charge in [0.15, 0.2) is 0 Å². The van der Waals surface area contributed by atoms with Gasteiger partial charge in [-0.15, -0.1) is 11.3 Å². The molecule has 176 valence electrons. The highest BCUT2D eigenvalue weighted by molar-refractivity contribution is 7.18. The average molecular weight is 508 g/mol. The molecule has 0 atom stereocenters. The van der Waals surface area contributed by atoms with E-state index in [1.807, 2.05) is 0 Å². The quantitative estimate of drug-likeness (QED) is 0.342. The number of rotatable bonds is 7. The molecule has 35 heavy (non-hydrogen) atoms. The number of aromatic carboxylic acids is 1. The molecule has 0 radical (unpaired) electrons. The van der Waals surface area contributed by atoms with Gasteiger partial charge in [0.1, 0.15) is 0 Å². The Balaban J connectivity index is 1.56. The molecule has 2 heterocycles. The van der Waals surface area contributed by atoms with Crippen molar-refractivity contribution in [2.24, 2.45) is 0 Å². The smallest absolute Gasteiger partial charge is 0.337 e. The number of halogens is 1. The van der Waals surface area contributed by atoms with Crippen LogP contribution in [0.5, 0.6) is 0 Å². The van der Waals surface area contributed by atoms with Gasteiger partial charge in [-0.05, 0) is 54.1 Å². The minimum absolute atomic E-state index is 0.0129. The average Bonchev–Trinajstić information content (AvgIpc) is 3.29. The van der Waals surface area contributed by atoms with Crippen molar-refractivity contribution in [3.63, 3.8) is 0 Å². The van der Waals surface area contributed by atoms with Gasteiger partial charge in [0, 0.05) is 30.1 Å². The summed E-state index contributed by atoms with van der Waals surface area (Å²) in [5, 5.41) is 15.0. The number of thiophene rings is 1. The van der Waals surface area contributed by atoms with Crippen LogP contribution in [0.25, 0.3) is 5.69 Å². The van der Waals surface area contributed by atoms with Crippen LogP contribution in [-0.2, 0) is 6.54 Å². The zero-order valence-electron chi connectivity index (χ0n) is 18.0. The summed E-state index contributed by atoms with van der Waals surface area (Å²) in [6.07, 6.45) is 1.62. The van der Waals surface area contributed by atoms with Gasteiger partial charge in [-0.3, -0.25) is 19.0 Å². The van der Waals surface area contributed by atoms with E-state index in [0.29, 0.717) is 20.5 Å². The summed E-state index contributed by atoms with van der Waals surface area (Å²) in [6, 6.07) is 18.8. The lowest BCUT2D eigenvalue weighted by atomic mass is 10.1. The molecule has 0 saturated carbocycles. The molecule has 0 bridgehead atoms. The third kappa shape index (κ3) is 5.48. The van der Waals surface area contributed by atoms with Gasteiger partial charge in [-0.25, -0.2) is 4.79 Å². The molecule has 10 heteroatoms. The molecule has 3 N–H and O–H groups in total. The Bertz CT molecular complexity index is 1480. The molecule has 0 aliphatic heterocycles. The van der Waals surface area contributed by atoms with E-state index in [1.54, 1.807) is 48.7 Å². The van der Waals surface area contributed by atoms with Crippen molar-refractivity contribution >= 4 is 46.4 Å². The molecule has 0 saturated heterocycles. The molecule has 0 unspecified atom stereocenters. The molecule has 4 rings (SSSR count). The first-order valence-electron chi connectivity index (χ1n) is 10.3. The van der Waals surface area contributed by atoms with E-state index in [0.717, 1.165) is 11.3 Å². The zero-order chi connectivity index (χ0) is 24.9. The second-order valence-corrected chi connectivity index (χ2v) is 9.06. The predicted octanol–water partition coefficient (Wildman–Crippen LogP) is 4.43. The molecule has 0 aliphatic rings. The third-order valence-electron chi connectivity index (χ3n) is 5.09. The molecule has 2 aromatic heterocycles. The van der Waals surface area contributed by atoms with Crippen molar-refractivity contribution in [3.05, 3.63) is 115 Å². The normalized spacial score (nSPS) is 10.5. The predicted molar refractivity (Wildman–Crippen MR) is 134 cm³/mol. The number of carboxylic acid groups (broad SMARTS) is 1. The third-order valence-corrected chi connectivity index (χ3v) is 6.32. The summed E-state index contributed by atoms with van der Waals surface area (Å²) in [6.45, 7) is -0.0129. The number of hydrogen-bond donors (Lipinski definition) is 3. The molecule has 2 amide bonds. The van der Waals surface area contributed by atoms with E-state index in [9.17, 15) is 24.3 Å². The molecule has 0 aliphatic carbocycles. The summed E-state index contributed by atoms with van der Waals surface area (Å²) in [5.41, 5.74) is 1.02. The Morgan fingerprint density at radius 1 is 0.914 bits per heavy atom. The number of amides is 2. The number of nitrogens with one attached hydrogen (secondary N) is 2. The standard InChI is InChI=1S/C25H18ClN3O5S/c26-20-12-11-19(35-20)24(32)27-14-16-4-3-5-18(25(33)34)22(16)28-23(31)15-7-9-17(10-8-15)29-13-2-1-6-21(29)30/h1-13H,14H2,(H,27,32)(H,28,31)(H,33,34). The number of para-hydroxylation sites is 1. The van der Waals surface area contributed by atoms with Crippen LogP contribution in [0.3, 0.4) is 0 Å². The van der Waals surface area contributed by atoms with Crippen molar-refractivity contribution in [2.45, 2.75) is 6.54 Å². The molecule has 2 aromatic carbocycles. The van der Waals surface area contributed by atoms with Crippen molar-refractivity contribution in [3.8, 4) is 5.69 Å². The fraction of sp³-hybridized carbons (Fsp3) is 0.0400. The lowest BCUT2D eigenvalue weighted by Gasteiger charge is -2.15. The van der Waals surface area contributed by atoms with Crippen LogP contribution < -0.4 is 16.2 Å². The highest BCUT2D eigenvalue weighted by atomic mass is 35.5. The molecule has 8 nitrogen and oxygen atoms in total. The van der Waals surface area contributed by atoms with E-state index >= 15 is 0 Å². The van der Waals surface area contributed by atoms with E-state index in [2.05, 4.69) is 10.6 Å². The first kappa shape index (κ1) is 23.9. The van der Waals surface area contributed by atoms with Crippen molar-refractivity contribution in [2.75, 3.05) is 5.32 Å². The van der Waals surface area contributed by atoms with E-state index in [-0.39, 0.29) is 34.8 Å². The molecule has 0 spiro atoms. The van der Waals surface area contributed by atoms with Crippen LogP contribution in [0.4, 0.5) is 5.69 Å². The Morgan fingerprint density at radius 2 is 1.69 bits per heavy atom. The maximum atomic E-state index is 12.9. The fourth-order valence-electron chi connectivity index (χ4n) is 3.37. The Kier molecular flexibility index (Phi) is 7.09. The second-order valence-electron chi connectivity index (χ2n) is 7.34. The Hall–Kier alpha value is -4.21. The largest absolute Gasteiger partial charge is 0.478 e. The summed E-state index contributed by atoms with van der Waals surface area (Å²) >= 11 is 7.00. The van der Waals surface area contributed by atoms with E-state index in [1.165, 1.54) is 34.9 Å². The maximum absolute atomic E-state index is 12.9. The lowest BCUT2D eigenvalue weighted by molar-refractivity contribution is 0.0697. The lowest BCUT2D eigenvalue weighted by Crippen LogP contribution is -2.24. The van der Waals surface area contributed by atoms with Crippen molar-refractivity contribution in [1.82, 2.24) is 9.88 Å². The molecular weight excluding hydrogens is 490 g/mol. The number of hydrogen-bond acceptors (Lipinski definition) is 5. The number of pyridine rings is 1. The van der Waals surface area contributed by atoms with Crippen LogP contribution in [0.15, 0.2) is 83.8 Å². The second kappa shape index (κ2) is 10.4. The Morgan fingerprint density at radius 3 is 2.34 bits per heavy atom. The van der Waals surface area contributed by atoms with Gasteiger partial charge in [-0.1, -0.05) is 29.8 Å². The van der Waals surface area contributed by atoms with E-state index < -0.39 is 11.9 Å². The first-order chi connectivity index (χ1) is 16.8. The van der Waals surface area contributed by atoms with Crippen molar-refractivity contribution < 1.29 is 19.5 Å². The minimum Gasteiger partial charge on any atom is -0.478 e. The molecular formula is C25H18ClN3O5S. The van der Waals surface area contributed by atoms with E-state index in [4.69, 9.17) is 11.6 Å². The summed E-state index contributed by atoms with van der Waals surface area (Å²) in [5.74, 6) is -2.13. The zero-order valence-corrected chi connectivity index (χ0v) is 19.6. The molecule has 4 aromatic rings. The monoisotopic (exact) mass is 507 g/mol. The van der Waals surface area contributed by atoms with Gasteiger partial charge < -0.3 is 15.7 Å². The van der Waals surface area contributed by atoms with Crippen LogP contribution in [0.1, 0.15) is 36.0 Å². The number of carbonyl (C=O) groups excluding carboxylic acids is 2. The van der Waals surface area contributed by atoms with Gasteiger partial charge in [0.25, 0.3) is 17.4 Å². The van der Waals surface area contributed by atoms with Crippen LogP contribution >= 0.6 is 22.9 Å². The number of aromatic nitrogens is 1. The van der Waals surface area contributed by atoms with Crippen molar-refractivity contribution in [1.29, 1.82) is 0 Å². The number of nitrogens with zero attached hydrogens (tertiary/aromatic N) is 1. The number of carbonyl (C=O) groups is 3. The highest BCUT2D eigenvalue weighted by Crippen LogP contribution is 2.24. The SMILES string of the molecule is O=C(Nc1c(CNC(=O)c2ccc(Cl)s2)cccc1C(=O)O)c1ccc(-n2ccccc2=O)cc1. The first-order valence-corrected chi connectivity index (χ1v) is 11.5. The van der Waals surface area contributed by atoms with Gasteiger partial charge >= 0.3 is 5.97 Å². The summed E-state index contributed by atoms with van der Waals surface area (Å²) in [7, 11) is 0. The fourth-order valence-corrected chi connectivity index (χ4v) is 4.33. The summed E-state index contributed by atoms with van der Waals surface area (Å²) in [4.78, 5) is 49.6. The van der Waals surface area contributed by atoms with Gasteiger partial charge in [0.05, 0.1) is 20.5 Å². The van der Waals surface area contributed by atoms with Crippen LogP contribution in [0, 0.1) is 0 Å². The van der Waals surface area contributed by atoms with Crippen LogP contribution in [0.2, 0.25) is 4.34 Å². The highest BCUT2D eigenvalue weighted by Gasteiger charge is 2.18. The maximum Gasteiger partial charge on any atom is 0.337 e. The number of anilines is 1. The van der Waals surface area contributed by atoms with Gasteiger partial charge in [0.2, 0.25) is 0 Å². The molecule has 0 fully saturated rings. The number of benzene rings is 2. The Labute approximate surface area is 208 Å². The number of carboxylic acids is 1. The van der Waals surface area contributed by atoms with Gasteiger partial charge in [-0.2, -0.15) is 0 Å². The topological polar surface area (TPSA) is 118 Å². The summed E-state index contributed by atoms with van der Waals surface area (Å²) < 4.78 is 1.90. The minimum atomic E-state index is -1.22. The van der Waals surface area contributed by atoms with Crippen LogP contribution in [-0.4, -0.2) is 27.5 Å².